The molecule has 1 saturated heterocycles. The molecule has 5 atom stereocenters. The fourth-order valence-electron chi connectivity index (χ4n) is 7.35. The number of fused-ring (bicyclic) bond motifs is 2. The molecule has 9 heteroatoms. The topological polar surface area (TPSA) is 32.3 Å². The van der Waals surface area contributed by atoms with Crippen LogP contribution in [0.1, 0.15) is 67.3 Å². The van der Waals surface area contributed by atoms with Crippen LogP contribution in [0.15, 0.2) is 42.5 Å². The third-order valence-corrected chi connectivity index (χ3v) is 9.52. The number of piperidine rings is 1. The van der Waals surface area contributed by atoms with Crippen molar-refractivity contribution in [3.8, 4) is 0 Å². The van der Waals surface area contributed by atoms with Crippen LogP contribution in [0.5, 0.6) is 0 Å². The van der Waals surface area contributed by atoms with Crippen LogP contribution in [0.4, 0.5) is 26.3 Å². The van der Waals surface area contributed by atoms with Gasteiger partial charge in [-0.25, -0.2) is 0 Å². The Balaban J connectivity index is 1.22. The van der Waals surface area contributed by atoms with Crippen LogP contribution in [0, 0.1) is 17.8 Å². The van der Waals surface area contributed by atoms with E-state index in [2.05, 4.69) is 41.4 Å². The van der Waals surface area contributed by atoms with Gasteiger partial charge in [0, 0.05) is 30.5 Å². The molecule has 2 aromatic rings. The normalized spacial score (nSPS) is 29.5. The van der Waals surface area contributed by atoms with Gasteiger partial charge in [0.2, 0.25) is 5.91 Å². The second-order valence-corrected chi connectivity index (χ2v) is 11.8. The molecule has 1 unspecified atom stereocenters. The average Bonchev–Trinajstić information content (AvgIpc) is 3.45. The van der Waals surface area contributed by atoms with E-state index in [0.717, 1.165) is 32.4 Å². The lowest BCUT2D eigenvalue weighted by Crippen LogP contribution is -2.51. The van der Waals surface area contributed by atoms with Crippen LogP contribution in [-0.4, -0.2) is 29.9 Å². The fraction of sp³-hybridized carbons (Fsp3) is 0.567. The highest BCUT2D eigenvalue weighted by Gasteiger charge is 2.48. The molecular formula is C30H34F6N2O. The Morgan fingerprint density at radius 3 is 2.28 bits per heavy atom. The van der Waals surface area contributed by atoms with Crippen LogP contribution in [-0.2, 0) is 35.5 Å². The standard InChI is InChI=1S/C30H34F6N2O/c1-18-11-24(38-10-9-28(19(2)17-38)8-7-21-5-3-4-6-26(21)28)15-25(18)27(39)37-16-20-12-22(29(31,32)33)14-23(13-20)30(34,35)36/h3-6,12-14,18-19,24-25H,7-11,15-17H2,1-2H3,(H,37,39)/t18?,19-,24+,25+,28-/m0/s1. The van der Waals surface area contributed by atoms with Crippen LogP contribution in [0.25, 0.3) is 0 Å². The highest BCUT2D eigenvalue weighted by molar-refractivity contribution is 5.79. The number of likely N-dealkylation sites (tertiary alicyclic amines) is 1. The maximum Gasteiger partial charge on any atom is 0.416 e. The number of nitrogens with one attached hydrogen (secondary N) is 1. The minimum Gasteiger partial charge on any atom is -0.352 e. The number of hydrogen-bond donors (Lipinski definition) is 1. The van der Waals surface area contributed by atoms with Crippen molar-refractivity contribution in [3.05, 3.63) is 70.3 Å². The molecule has 1 spiro atoms. The van der Waals surface area contributed by atoms with E-state index in [1.807, 2.05) is 6.92 Å². The van der Waals surface area contributed by atoms with Crippen molar-refractivity contribution in [2.75, 3.05) is 13.1 Å². The SMILES string of the molecule is CC1C[C@@H](N2CC[C@@]3(CCc4ccccc43)[C@@H](C)C2)C[C@H]1C(=O)NCc1cc(C(F)(F)F)cc(C(F)(F)F)c1. The summed E-state index contributed by atoms with van der Waals surface area (Å²) in [5.41, 5.74) is 0.161. The van der Waals surface area contributed by atoms with Crippen molar-refractivity contribution in [1.29, 1.82) is 0 Å². The smallest absolute Gasteiger partial charge is 0.352 e. The van der Waals surface area contributed by atoms with Gasteiger partial charge in [-0.15, -0.1) is 0 Å². The number of carbonyl (C=O) groups excluding carboxylic acids is 1. The van der Waals surface area contributed by atoms with E-state index in [0.29, 0.717) is 24.5 Å². The minimum atomic E-state index is -4.92. The zero-order valence-corrected chi connectivity index (χ0v) is 22.1. The Hall–Kier alpha value is -2.55. The van der Waals surface area contributed by atoms with Crippen molar-refractivity contribution in [1.82, 2.24) is 10.2 Å². The monoisotopic (exact) mass is 552 g/mol. The molecule has 2 aliphatic carbocycles. The van der Waals surface area contributed by atoms with E-state index in [1.54, 1.807) is 0 Å². The third-order valence-electron chi connectivity index (χ3n) is 9.52. The van der Waals surface area contributed by atoms with Crippen LogP contribution >= 0.6 is 0 Å². The van der Waals surface area contributed by atoms with Gasteiger partial charge >= 0.3 is 12.4 Å². The summed E-state index contributed by atoms with van der Waals surface area (Å²) in [6.07, 6.45) is -5.01. The van der Waals surface area contributed by atoms with Gasteiger partial charge in [-0.2, -0.15) is 26.3 Å². The highest BCUT2D eigenvalue weighted by Crippen LogP contribution is 2.50. The summed E-state index contributed by atoms with van der Waals surface area (Å²) in [6, 6.07) is 10.4. The maximum atomic E-state index is 13.2. The van der Waals surface area contributed by atoms with E-state index in [9.17, 15) is 31.1 Å². The molecule has 5 rings (SSSR count). The van der Waals surface area contributed by atoms with E-state index in [4.69, 9.17) is 0 Å². The fourth-order valence-corrected chi connectivity index (χ4v) is 7.35. The van der Waals surface area contributed by atoms with E-state index < -0.39 is 23.5 Å². The molecular weight excluding hydrogens is 518 g/mol. The van der Waals surface area contributed by atoms with E-state index >= 15 is 0 Å². The van der Waals surface area contributed by atoms with Gasteiger partial charge in [-0.1, -0.05) is 38.1 Å². The lowest BCUT2D eigenvalue weighted by Gasteiger charge is -2.47. The zero-order valence-electron chi connectivity index (χ0n) is 22.1. The molecule has 1 heterocycles. The minimum absolute atomic E-state index is 0.0700. The molecule has 1 N–H and O–H groups in total. The van der Waals surface area contributed by atoms with Gasteiger partial charge in [0.25, 0.3) is 0 Å². The van der Waals surface area contributed by atoms with Crippen LogP contribution in [0.2, 0.25) is 0 Å². The predicted octanol–water partition coefficient (Wildman–Crippen LogP) is 6.98. The first-order valence-electron chi connectivity index (χ1n) is 13.7. The third kappa shape index (κ3) is 5.43. The number of halogens is 6. The molecule has 1 amide bonds. The molecule has 1 aliphatic heterocycles. The van der Waals surface area contributed by atoms with E-state index in [1.165, 1.54) is 17.5 Å². The van der Waals surface area contributed by atoms with Crippen molar-refractivity contribution in [2.24, 2.45) is 17.8 Å². The number of amides is 1. The Morgan fingerprint density at radius 2 is 1.64 bits per heavy atom. The lowest BCUT2D eigenvalue weighted by atomic mass is 9.67. The number of hydrogen-bond acceptors (Lipinski definition) is 2. The zero-order chi connectivity index (χ0) is 28.2. The van der Waals surface area contributed by atoms with Crippen molar-refractivity contribution < 1.29 is 31.1 Å². The summed E-state index contributed by atoms with van der Waals surface area (Å²) in [6.45, 7) is 5.83. The van der Waals surface area contributed by atoms with Gasteiger partial charge in [-0.3, -0.25) is 4.79 Å². The number of carbonyl (C=O) groups is 1. The number of alkyl halides is 6. The Morgan fingerprint density at radius 1 is 0.974 bits per heavy atom. The summed E-state index contributed by atoms with van der Waals surface area (Å²) in [7, 11) is 0. The Bertz CT molecular complexity index is 1190. The maximum absolute atomic E-state index is 13.2. The molecule has 1 saturated carbocycles. The summed E-state index contributed by atoms with van der Waals surface area (Å²) in [4.78, 5) is 15.5. The molecule has 0 radical (unpaired) electrons. The first-order chi connectivity index (χ1) is 18.3. The predicted molar refractivity (Wildman–Crippen MR) is 136 cm³/mol. The number of benzene rings is 2. The summed E-state index contributed by atoms with van der Waals surface area (Å²) >= 11 is 0. The molecule has 0 aromatic heterocycles. The summed E-state index contributed by atoms with van der Waals surface area (Å²) in [5, 5.41) is 2.62. The lowest BCUT2D eigenvalue weighted by molar-refractivity contribution is -0.143. The molecule has 2 aromatic carbocycles. The Labute approximate surface area is 225 Å². The molecule has 39 heavy (non-hydrogen) atoms. The van der Waals surface area contributed by atoms with Gasteiger partial charge in [0.15, 0.2) is 0 Å². The first-order valence-corrected chi connectivity index (χ1v) is 13.7. The molecule has 212 valence electrons. The Kier molecular flexibility index (Phi) is 7.27. The highest BCUT2D eigenvalue weighted by atomic mass is 19.4. The van der Waals surface area contributed by atoms with Gasteiger partial charge in [-0.05, 0) is 85.4 Å². The molecule has 0 bridgehead atoms. The summed E-state index contributed by atoms with van der Waals surface area (Å²) in [5.74, 6) is -0.106. The molecule has 2 fully saturated rings. The molecule has 3 aliphatic rings. The summed E-state index contributed by atoms with van der Waals surface area (Å²) < 4.78 is 79.1. The van der Waals surface area contributed by atoms with Gasteiger partial charge in [0.1, 0.15) is 0 Å². The quantitative estimate of drug-likeness (QED) is 0.415. The second-order valence-electron chi connectivity index (χ2n) is 11.8. The first kappa shape index (κ1) is 28.0. The second kappa shape index (κ2) is 10.1. The van der Waals surface area contributed by atoms with Gasteiger partial charge in [0.05, 0.1) is 11.1 Å². The molecule has 3 nitrogen and oxygen atoms in total. The van der Waals surface area contributed by atoms with Gasteiger partial charge < -0.3 is 10.2 Å². The average molecular weight is 553 g/mol. The van der Waals surface area contributed by atoms with Crippen molar-refractivity contribution in [3.63, 3.8) is 0 Å². The largest absolute Gasteiger partial charge is 0.416 e. The van der Waals surface area contributed by atoms with E-state index in [-0.39, 0.29) is 47.4 Å². The van der Waals surface area contributed by atoms with Crippen molar-refractivity contribution in [2.45, 2.75) is 76.3 Å². The van der Waals surface area contributed by atoms with Crippen LogP contribution < -0.4 is 5.32 Å². The number of rotatable bonds is 4. The number of aryl methyl sites for hydroxylation is 1. The van der Waals surface area contributed by atoms with Crippen molar-refractivity contribution >= 4 is 5.91 Å². The van der Waals surface area contributed by atoms with Crippen LogP contribution in [0.3, 0.4) is 0 Å². The number of nitrogens with zero attached hydrogens (tertiary/aromatic N) is 1.